The maximum absolute atomic E-state index is 12.9. The van der Waals surface area contributed by atoms with Crippen LogP contribution in [0.5, 0.6) is 0 Å². The van der Waals surface area contributed by atoms with Gasteiger partial charge in [-0.3, -0.25) is 4.79 Å². The molecule has 0 saturated heterocycles. The number of nitrogens with zero attached hydrogens (tertiary/aromatic N) is 1. The number of benzene rings is 1. The van der Waals surface area contributed by atoms with Gasteiger partial charge in [-0.1, -0.05) is 12.1 Å². The lowest BCUT2D eigenvalue weighted by atomic mass is 9.94. The van der Waals surface area contributed by atoms with E-state index in [1.807, 2.05) is 0 Å². The summed E-state index contributed by atoms with van der Waals surface area (Å²) in [5.41, 5.74) is 0.0925. The lowest BCUT2D eigenvalue weighted by Gasteiger charge is -2.26. The van der Waals surface area contributed by atoms with Crippen molar-refractivity contribution in [1.29, 1.82) is 0 Å². The molecule has 0 aromatic heterocycles. The number of carbonyl (C=O) groups is 2. The summed E-state index contributed by atoms with van der Waals surface area (Å²) in [5.74, 6) is -1.60. The Hall–Kier alpha value is -1.91. The van der Waals surface area contributed by atoms with Crippen LogP contribution < -0.4 is 0 Å². The van der Waals surface area contributed by atoms with Crippen LogP contribution in [0, 0.1) is 5.82 Å². The highest BCUT2D eigenvalue weighted by molar-refractivity contribution is 5.93. The molecule has 1 aliphatic rings. The molecule has 19 heavy (non-hydrogen) atoms. The third-order valence-electron chi connectivity index (χ3n) is 3.81. The molecule has 2 rings (SSSR count). The first-order valence-corrected chi connectivity index (χ1v) is 6.14. The molecule has 5 heteroatoms. The molecule has 1 atom stereocenters. The average Bonchev–Trinajstić information content (AvgIpc) is 3.18. The minimum Gasteiger partial charge on any atom is -0.480 e. The zero-order valence-corrected chi connectivity index (χ0v) is 10.9. The van der Waals surface area contributed by atoms with Crippen LogP contribution in [0.2, 0.25) is 0 Å². The minimum absolute atomic E-state index is 0.214. The fraction of sp³-hybridized carbons (Fsp3) is 0.429. The summed E-state index contributed by atoms with van der Waals surface area (Å²) in [4.78, 5) is 24.6. The first-order valence-electron chi connectivity index (χ1n) is 6.14. The van der Waals surface area contributed by atoms with Gasteiger partial charge in [-0.15, -0.1) is 0 Å². The Morgan fingerprint density at radius 1 is 1.32 bits per heavy atom. The van der Waals surface area contributed by atoms with Crippen LogP contribution in [0.25, 0.3) is 0 Å². The minimum atomic E-state index is -1.04. The second-order valence-electron chi connectivity index (χ2n) is 5.02. The highest BCUT2D eigenvalue weighted by atomic mass is 19.1. The number of likely N-dealkylation sites (N-methyl/N-ethyl adjacent to an activating group) is 1. The van der Waals surface area contributed by atoms with Gasteiger partial charge in [-0.05, 0) is 37.5 Å². The van der Waals surface area contributed by atoms with Gasteiger partial charge >= 0.3 is 5.97 Å². The Labute approximate surface area is 110 Å². The zero-order valence-electron chi connectivity index (χ0n) is 10.9. The largest absolute Gasteiger partial charge is 0.480 e. The van der Waals surface area contributed by atoms with E-state index < -0.39 is 17.4 Å². The third kappa shape index (κ3) is 2.32. The summed E-state index contributed by atoms with van der Waals surface area (Å²) in [7, 11) is 1.49. The first-order chi connectivity index (χ1) is 8.88. The molecule has 1 saturated carbocycles. The molecule has 0 spiro atoms. The monoisotopic (exact) mass is 265 g/mol. The predicted molar refractivity (Wildman–Crippen MR) is 67.2 cm³/mol. The number of rotatable bonds is 4. The van der Waals surface area contributed by atoms with Crippen LogP contribution in [0.15, 0.2) is 24.3 Å². The molecule has 0 bridgehead atoms. The van der Waals surface area contributed by atoms with E-state index in [9.17, 15) is 14.0 Å². The van der Waals surface area contributed by atoms with Crippen molar-refractivity contribution in [1.82, 2.24) is 4.90 Å². The predicted octanol–water partition coefficient (Wildman–Crippen LogP) is 1.79. The molecule has 1 aliphatic carbocycles. The molecule has 1 fully saturated rings. The number of carboxylic acids is 1. The van der Waals surface area contributed by atoms with E-state index >= 15 is 0 Å². The molecule has 1 unspecified atom stereocenters. The van der Waals surface area contributed by atoms with E-state index in [2.05, 4.69) is 0 Å². The van der Waals surface area contributed by atoms with E-state index in [-0.39, 0.29) is 11.7 Å². The number of amides is 1. The van der Waals surface area contributed by atoms with Crippen molar-refractivity contribution < 1.29 is 19.1 Å². The Morgan fingerprint density at radius 2 is 1.84 bits per heavy atom. The van der Waals surface area contributed by atoms with E-state index in [1.165, 1.54) is 31.0 Å². The fourth-order valence-electron chi connectivity index (χ4n) is 2.20. The Balaban J connectivity index is 2.23. The molecule has 4 nitrogen and oxygen atoms in total. The van der Waals surface area contributed by atoms with Crippen LogP contribution in [0.4, 0.5) is 4.39 Å². The Bertz CT molecular complexity index is 508. The van der Waals surface area contributed by atoms with Crippen molar-refractivity contribution in [3.63, 3.8) is 0 Å². The van der Waals surface area contributed by atoms with Crippen LogP contribution in [-0.2, 0) is 15.0 Å². The summed E-state index contributed by atoms with van der Waals surface area (Å²) in [6.07, 6.45) is 1.35. The molecule has 0 heterocycles. The number of hydrogen-bond acceptors (Lipinski definition) is 2. The van der Waals surface area contributed by atoms with Gasteiger partial charge in [0.1, 0.15) is 11.9 Å². The van der Waals surface area contributed by atoms with Gasteiger partial charge in [-0.25, -0.2) is 9.18 Å². The molecular formula is C14H16FNO3. The number of halogens is 1. The van der Waals surface area contributed by atoms with Gasteiger partial charge in [0.2, 0.25) is 5.91 Å². The highest BCUT2D eigenvalue weighted by Crippen LogP contribution is 2.49. The first kappa shape index (κ1) is 13.5. The maximum Gasteiger partial charge on any atom is 0.326 e. The van der Waals surface area contributed by atoms with Crippen LogP contribution in [-0.4, -0.2) is 35.0 Å². The molecule has 1 N–H and O–H groups in total. The smallest absolute Gasteiger partial charge is 0.326 e. The maximum atomic E-state index is 12.9. The van der Waals surface area contributed by atoms with Crippen molar-refractivity contribution in [3.8, 4) is 0 Å². The topological polar surface area (TPSA) is 57.6 Å². The second-order valence-corrected chi connectivity index (χ2v) is 5.02. The van der Waals surface area contributed by atoms with E-state index in [0.29, 0.717) is 12.8 Å². The summed E-state index contributed by atoms with van der Waals surface area (Å²) < 4.78 is 12.9. The number of carboxylic acid groups (broad SMARTS) is 1. The fourth-order valence-corrected chi connectivity index (χ4v) is 2.20. The van der Waals surface area contributed by atoms with Gasteiger partial charge in [0.25, 0.3) is 0 Å². The lowest BCUT2D eigenvalue weighted by molar-refractivity contribution is -0.149. The molecule has 1 aromatic carbocycles. The van der Waals surface area contributed by atoms with E-state index in [0.717, 1.165) is 5.56 Å². The normalized spacial score (nSPS) is 17.6. The Morgan fingerprint density at radius 3 is 2.26 bits per heavy atom. The molecule has 1 aromatic rings. The number of aliphatic carboxylic acids is 1. The van der Waals surface area contributed by atoms with E-state index in [1.54, 1.807) is 12.1 Å². The molecule has 0 aliphatic heterocycles. The number of hydrogen-bond donors (Lipinski definition) is 1. The summed E-state index contributed by atoms with van der Waals surface area (Å²) >= 11 is 0. The second kappa shape index (κ2) is 4.64. The van der Waals surface area contributed by atoms with Gasteiger partial charge in [-0.2, -0.15) is 0 Å². The average molecular weight is 265 g/mol. The lowest BCUT2D eigenvalue weighted by Crippen LogP contribution is -2.45. The van der Waals surface area contributed by atoms with Crippen molar-refractivity contribution in [2.75, 3.05) is 7.05 Å². The van der Waals surface area contributed by atoms with Gasteiger partial charge in [0, 0.05) is 7.05 Å². The Kier molecular flexibility index (Phi) is 3.30. The van der Waals surface area contributed by atoms with Gasteiger partial charge < -0.3 is 10.0 Å². The molecule has 1 amide bonds. The van der Waals surface area contributed by atoms with E-state index in [4.69, 9.17) is 5.11 Å². The third-order valence-corrected chi connectivity index (χ3v) is 3.81. The van der Waals surface area contributed by atoms with Crippen molar-refractivity contribution in [3.05, 3.63) is 35.6 Å². The van der Waals surface area contributed by atoms with Crippen molar-refractivity contribution in [2.45, 2.75) is 31.2 Å². The summed E-state index contributed by atoms with van der Waals surface area (Å²) in [6, 6.07) is 4.97. The summed E-state index contributed by atoms with van der Waals surface area (Å²) in [6.45, 7) is 1.47. The van der Waals surface area contributed by atoms with Crippen LogP contribution in [0.1, 0.15) is 25.3 Å². The van der Waals surface area contributed by atoms with Gasteiger partial charge in [0.05, 0.1) is 5.41 Å². The number of carbonyl (C=O) groups excluding carboxylic acids is 1. The molecule has 102 valence electrons. The SMILES string of the molecule is CC(C(=O)O)N(C)C(=O)C1(c2ccc(F)cc2)CC1. The standard InChI is InChI=1S/C14H16FNO3/c1-9(12(17)18)16(2)13(19)14(7-8-14)10-3-5-11(15)6-4-10/h3-6,9H,7-8H2,1-2H3,(H,17,18). The van der Waals surface area contributed by atoms with Crippen molar-refractivity contribution in [2.24, 2.45) is 0 Å². The van der Waals surface area contributed by atoms with Crippen LogP contribution >= 0.6 is 0 Å². The summed E-state index contributed by atoms with van der Waals surface area (Å²) in [5, 5.41) is 8.95. The zero-order chi connectivity index (χ0) is 14.2. The molecular weight excluding hydrogens is 249 g/mol. The highest BCUT2D eigenvalue weighted by Gasteiger charge is 2.53. The molecule has 0 radical (unpaired) electrons. The quantitative estimate of drug-likeness (QED) is 0.903. The van der Waals surface area contributed by atoms with Gasteiger partial charge in [0.15, 0.2) is 0 Å². The van der Waals surface area contributed by atoms with Crippen molar-refractivity contribution >= 4 is 11.9 Å². The van der Waals surface area contributed by atoms with Crippen LogP contribution in [0.3, 0.4) is 0 Å².